The maximum absolute atomic E-state index is 12.7. The number of phosphoric acid groups is 1. The number of aliphatic hydroxyl groups is 5. The molecule has 0 aromatic rings. The molecule has 0 aromatic heterocycles. The van der Waals surface area contributed by atoms with Crippen LogP contribution in [0.25, 0.3) is 0 Å². The largest absolute Gasteiger partial charge is 0.472 e. The standard InChI is InChI=1S/C38H67O12P/c1-3-5-7-9-11-13-14-15-16-17-18-19-21-23-25-27-32(39)49-31(29-47-28-26-24-22-20-12-10-8-6-4-2)30-48-51(45,46)50-38-36(43)34(41)33(40)35(42)37(38)44/h5,7,11,13,15-16,18-19,31,33-38,40-44H,3-4,6,8-10,12,14,17,20-30H2,1-2H3,(H,45,46)/b7-5-,13-11-,16-15-,19-18-. The molecule has 1 aliphatic rings. The molecule has 0 aromatic carbocycles. The molecule has 0 amide bonds. The van der Waals surface area contributed by atoms with Crippen molar-refractivity contribution in [3.05, 3.63) is 48.6 Å². The molecule has 0 spiro atoms. The van der Waals surface area contributed by atoms with Crippen LogP contribution in [0.2, 0.25) is 0 Å². The summed E-state index contributed by atoms with van der Waals surface area (Å²) in [7, 11) is -5.02. The number of rotatable bonds is 30. The molecular weight excluding hydrogens is 679 g/mol. The lowest BCUT2D eigenvalue weighted by molar-refractivity contribution is -0.220. The van der Waals surface area contributed by atoms with E-state index in [0.29, 0.717) is 13.0 Å². The highest BCUT2D eigenvalue weighted by molar-refractivity contribution is 7.47. The van der Waals surface area contributed by atoms with Gasteiger partial charge in [-0.05, 0) is 51.4 Å². The number of carbonyl (C=O) groups is 1. The van der Waals surface area contributed by atoms with E-state index in [0.717, 1.165) is 57.8 Å². The van der Waals surface area contributed by atoms with Crippen LogP contribution in [0.1, 0.15) is 123 Å². The number of allylic oxidation sites excluding steroid dienone is 8. The number of aliphatic hydroxyl groups excluding tert-OH is 5. The number of carbonyl (C=O) groups excluding carboxylic acids is 1. The van der Waals surface area contributed by atoms with Crippen LogP contribution >= 0.6 is 7.82 Å². The van der Waals surface area contributed by atoms with E-state index in [1.54, 1.807) is 0 Å². The van der Waals surface area contributed by atoms with Crippen LogP contribution in [0.3, 0.4) is 0 Å². The van der Waals surface area contributed by atoms with Gasteiger partial charge in [0.05, 0.1) is 13.2 Å². The fraction of sp³-hybridized carbons (Fsp3) is 0.763. The van der Waals surface area contributed by atoms with Gasteiger partial charge in [-0.15, -0.1) is 0 Å². The lowest BCUT2D eigenvalue weighted by atomic mass is 9.85. The van der Waals surface area contributed by atoms with Crippen LogP contribution in [0.5, 0.6) is 0 Å². The smallest absolute Gasteiger partial charge is 0.457 e. The van der Waals surface area contributed by atoms with E-state index < -0.39 is 63.1 Å². The molecule has 0 heterocycles. The third-order valence-electron chi connectivity index (χ3n) is 8.47. The second-order valence-corrected chi connectivity index (χ2v) is 14.5. The summed E-state index contributed by atoms with van der Waals surface area (Å²) in [6.45, 7) is 4.03. The Bertz CT molecular complexity index is 1030. The highest BCUT2D eigenvalue weighted by Gasteiger charge is 2.51. The molecule has 12 nitrogen and oxygen atoms in total. The predicted octanol–water partition coefficient (Wildman–Crippen LogP) is 6.13. The Morgan fingerprint density at radius 2 is 1.16 bits per heavy atom. The predicted molar refractivity (Wildman–Crippen MR) is 198 cm³/mol. The average molecular weight is 747 g/mol. The van der Waals surface area contributed by atoms with Crippen LogP contribution in [-0.4, -0.2) is 98.9 Å². The third-order valence-corrected chi connectivity index (χ3v) is 9.45. The zero-order valence-electron chi connectivity index (χ0n) is 30.9. The Balaban J connectivity index is 2.52. The molecule has 1 rings (SSSR count). The first kappa shape index (κ1) is 47.3. The van der Waals surface area contributed by atoms with Crippen molar-refractivity contribution in [3.8, 4) is 0 Å². The van der Waals surface area contributed by atoms with Gasteiger partial charge in [-0.1, -0.05) is 114 Å². The van der Waals surface area contributed by atoms with Gasteiger partial charge >= 0.3 is 13.8 Å². The zero-order valence-corrected chi connectivity index (χ0v) is 31.8. The Morgan fingerprint density at radius 3 is 1.73 bits per heavy atom. The first-order valence-corrected chi connectivity index (χ1v) is 20.5. The zero-order chi connectivity index (χ0) is 37.7. The van der Waals surface area contributed by atoms with Gasteiger partial charge in [0.1, 0.15) is 42.7 Å². The molecule has 1 aliphatic carbocycles. The molecule has 0 bridgehead atoms. The summed E-state index contributed by atoms with van der Waals surface area (Å²) in [5.41, 5.74) is 0. The topological polar surface area (TPSA) is 192 Å². The highest BCUT2D eigenvalue weighted by atomic mass is 31.2. The van der Waals surface area contributed by atoms with Crippen LogP contribution in [0.4, 0.5) is 0 Å². The highest BCUT2D eigenvalue weighted by Crippen LogP contribution is 2.47. The lowest BCUT2D eigenvalue weighted by Gasteiger charge is -2.41. The van der Waals surface area contributed by atoms with Gasteiger partial charge < -0.3 is 39.9 Å². The van der Waals surface area contributed by atoms with Crippen molar-refractivity contribution in [2.24, 2.45) is 0 Å². The minimum atomic E-state index is -5.02. The van der Waals surface area contributed by atoms with Gasteiger partial charge in [0.2, 0.25) is 0 Å². The van der Waals surface area contributed by atoms with Crippen molar-refractivity contribution >= 4 is 13.8 Å². The maximum Gasteiger partial charge on any atom is 0.472 e. The minimum Gasteiger partial charge on any atom is -0.457 e. The summed E-state index contributed by atoms with van der Waals surface area (Å²) in [5.74, 6) is -0.521. The summed E-state index contributed by atoms with van der Waals surface area (Å²) in [6, 6.07) is 0. The van der Waals surface area contributed by atoms with E-state index in [4.69, 9.17) is 18.5 Å². The summed E-state index contributed by atoms with van der Waals surface area (Å²) in [5, 5.41) is 49.9. The Hall–Kier alpha value is -1.70. The van der Waals surface area contributed by atoms with Gasteiger partial charge in [-0.2, -0.15) is 0 Å². The van der Waals surface area contributed by atoms with Crippen molar-refractivity contribution < 1.29 is 58.3 Å². The maximum atomic E-state index is 12.7. The molecule has 13 heteroatoms. The van der Waals surface area contributed by atoms with Gasteiger partial charge in [0, 0.05) is 13.0 Å². The van der Waals surface area contributed by atoms with Crippen LogP contribution < -0.4 is 0 Å². The number of hydrogen-bond donors (Lipinski definition) is 6. The molecule has 6 unspecified atom stereocenters. The molecule has 6 N–H and O–H groups in total. The van der Waals surface area contributed by atoms with Crippen LogP contribution in [-0.2, 0) is 27.9 Å². The Labute approximate surface area is 305 Å². The second kappa shape index (κ2) is 29.7. The number of phosphoric ester groups is 1. The van der Waals surface area contributed by atoms with E-state index in [1.807, 2.05) is 0 Å². The number of hydrogen-bond acceptors (Lipinski definition) is 11. The quantitative estimate of drug-likeness (QED) is 0.0214. The molecule has 1 saturated carbocycles. The molecule has 0 aliphatic heterocycles. The number of unbranched alkanes of at least 4 members (excludes halogenated alkanes) is 10. The van der Waals surface area contributed by atoms with Crippen molar-refractivity contribution in [1.29, 1.82) is 0 Å². The van der Waals surface area contributed by atoms with Gasteiger partial charge in [-0.25, -0.2) is 4.57 Å². The molecule has 1 fully saturated rings. The summed E-state index contributed by atoms with van der Waals surface area (Å²) in [6.07, 6.45) is 20.6. The van der Waals surface area contributed by atoms with Crippen LogP contribution in [0, 0.1) is 0 Å². The Kier molecular flexibility index (Phi) is 27.6. The van der Waals surface area contributed by atoms with E-state index in [1.165, 1.54) is 38.5 Å². The fourth-order valence-corrected chi connectivity index (χ4v) is 6.38. The van der Waals surface area contributed by atoms with Crippen LogP contribution in [0.15, 0.2) is 48.6 Å². The van der Waals surface area contributed by atoms with Crippen molar-refractivity contribution in [1.82, 2.24) is 0 Å². The van der Waals surface area contributed by atoms with E-state index in [-0.39, 0.29) is 13.0 Å². The first-order chi connectivity index (χ1) is 24.5. The second-order valence-electron chi connectivity index (χ2n) is 13.0. The summed E-state index contributed by atoms with van der Waals surface area (Å²) >= 11 is 0. The van der Waals surface area contributed by atoms with Crippen molar-refractivity contribution in [3.63, 3.8) is 0 Å². The monoisotopic (exact) mass is 746 g/mol. The lowest BCUT2D eigenvalue weighted by Crippen LogP contribution is -2.64. The Morgan fingerprint density at radius 1 is 0.647 bits per heavy atom. The van der Waals surface area contributed by atoms with Gasteiger partial charge in [0.15, 0.2) is 0 Å². The van der Waals surface area contributed by atoms with Crippen molar-refractivity contribution in [2.75, 3.05) is 19.8 Å². The molecule has 0 saturated heterocycles. The summed E-state index contributed by atoms with van der Waals surface area (Å²) < 4.78 is 33.9. The molecule has 296 valence electrons. The van der Waals surface area contributed by atoms with Crippen molar-refractivity contribution in [2.45, 2.75) is 166 Å². The molecule has 6 atom stereocenters. The number of esters is 1. The third kappa shape index (κ3) is 22.9. The molecular formula is C38H67O12P. The van der Waals surface area contributed by atoms with Gasteiger partial charge in [-0.3, -0.25) is 13.8 Å². The average Bonchev–Trinajstić information content (AvgIpc) is 3.11. The first-order valence-electron chi connectivity index (χ1n) is 19.0. The van der Waals surface area contributed by atoms with E-state index in [9.17, 15) is 39.8 Å². The van der Waals surface area contributed by atoms with Gasteiger partial charge in [0.25, 0.3) is 0 Å². The molecule has 51 heavy (non-hydrogen) atoms. The minimum absolute atomic E-state index is 0.0942. The SMILES string of the molecule is CC/C=C\C/C=C\C/C=C\C/C=C\CCCCC(=O)OC(COCCCCCCCCCCC)COP(=O)(O)OC1C(O)C(O)C(O)C(O)C1O. The van der Waals surface area contributed by atoms with E-state index in [2.05, 4.69) is 62.5 Å². The normalized spacial score (nSPS) is 24.6. The summed E-state index contributed by atoms with van der Waals surface area (Å²) in [4.78, 5) is 22.9. The number of ether oxygens (including phenoxy) is 2. The molecule has 0 radical (unpaired) electrons. The fourth-order valence-electron chi connectivity index (χ4n) is 5.40. The van der Waals surface area contributed by atoms with E-state index >= 15 is 0 Å².